The Balaban J connectivity index is 3.79. The smallest absolute Gasteiger partial charge is 0.324 e. The van der Waals surface area contributed by atoms with Gasteiger partial charge in [-0.25, -0.2) is 4.79 Å². The van der Waals surface area contributed by atoms with E-state index in [1.54, 1.807) is 0 Å². The summed E-state index contributed by atoms with van der Waals surface area (Å²) in [6.07, 6.45) is 0.847. The van der Waals surface area contributed by atoms with Gasteiger partial charge in [0.1, 0.15) is 0 Å². The third-order valence-corrected chi connectivity index (χ3v) is 4.61. The molecule has 15 heavy (non-hydrogen) atoms. The van der Waals surface area contributed by atoms with Crippen LogP contribution in [0.1, 0.15) is 27.2 Å². The van der Waals surface area contributed by atoms with Gasteiger partial charge < -0.3 is 19.9 Å². The molecule has 0 spiro atoms. The van der Waals surface area contributed by atoms with Crippen LogP contribution in [0.15, 0.2) is 0 Å². The fourth-order valence-corrected chi connectivity index (χ4v) is 3.11. The number of amides is 2. The maximum atomic E-state index is 10.5. The van der Waals surface area contributed by atoms with E-state index in [0.717, 1.165) is 6.42 Å². The number of hydrogen-bond acceptors (Lipinski definition) is 3. The molecular formula is C9H22N2O3Si. The van der Waals surface area contributed by atoms with Crippen molar-refractivity contribution in [3.8, 4) is 0 Å². The van der Waals surface area contributed by atoms with Crippen molar-refractivity contribution in [2.45, 2.75) is 32.7 Å². The van der Waals surface area contributed by atoms with Crippen molar-refractivity contribution in [1.29, 1.82) is 0 Å². The molecule has 5 nitrogen and oxygen atoms in total. The molecule has 90 valence electrons. The molecule has 0 rings (SSSR count). The Morgan fingerprint density at radius 2 is 1.93 bits per heavy atom. The van der Waals surface area contributed by atoms with Gasteiger partial charge in [-0.05, 0) is 25.8 Å². The summed E-state index contributed by atoms with van der Waals surface area (Å²) in [6.45, 7) is 7.97. The lowest BCUT2D eigenvalue weighted by atomic mass is 10.3. The monoisotopic (exact) mass is 234 g/mol. The molecule has 0 heterocycles. The second kappa shape index (κ2) is 8.69. The first kappa shape index (κ1) is 14.4. The number of primary amides is 1. The minimum absolute atomic E-state index is 0.372. The van der Waals surface area contributed by atoms with Crippen LogP contribution in [0.3, 0.4) is 0 Å². The van der Waals surface area contributed by atoms with Crippen molar-refractivity contribution in [2.24, 2.45) is 5.73 Å². The number of hydrogen-bond donors (Lipinski definition) is 2. The minimum Gasteiger partial charge on any atom is -0.397 e. The van der Waals surface area contributed by atoms with E-state index in [9.17, 15) is 4.79 Å². The van der Waals surface area contributed by atoms with Crippen LogP contribution in [-0.4, -0.2) is 35.1 Å². The van der Waals surface area contributed by atoms with Gasteiger partial charge in [0.15, 0.2) is 0 Å². The molecular weight excluding hydrogens is 212 g/mol. The predicted octanol–water partition coefficient (Wildman–Crippen LogP) is 0.728. The number of urea groups is 1. The first-order valence-corrected chi connectivity index (χ1v) is 6.99. The van der Waals surface area contributed by atoms with Crippen molar-refractivity contribution in [2.75, 3.05) is 19.8 Å². The molecule has 0 saturated heterocycles. The largest absolute Gasteiger partial charge is 0.397 e. The molecule has 1 unspecified atom stereocenters. The summed E-state index contributed by atoms with van der Waals surface area (Å²) in [7, 11) is -1.58. The maximum absolute atomic E-state index is 10.5. The molecule has 3 N–H and O–H groups in total. The number of carbonyl (C=O) groups excluding carboxylic acids is 1. The number of nitrogens with one attached hydrogen (secondary N) is 1. The van der Waals surface area contributed by atoms with Crippen molar-refractivity contribution >= 4 is 15.3 Å². The lowest BCUT2D eigenvalue weighted by Gasteiger charge is -2.21. The van der Waals surface area contributed by atoms with Crippen molar-refractivity contribution in [3.63, 3.8) is 0 Å². The Morgan fingerprint density at radius 3 is 2.33 bits per heavy atom. The molecule has 2 amide bonds. The summed E-state index contributed by atoms with van der Waals surface area (Å²) in [6, 6.07) is -0.478. The average Bonchev–Trinajstić information content (AvgIpc) is 2.16. The van der Waals surface area contributed by atoms with Crippen LogP contribution in [0.25, 0.3) is 0 Å². The van der Waals surface area contributed by atoms with Gasteiger partial charge in [0.05, 0.1) is 0 Å². The highest BCUT2D eigenvalue weighted by atomic mass is 28.3. The van der Waals surface area contributed by atoms with Crippen LogP contribution < -0.4 is 11.1 Å². The molecule has 0 bridgehead atoms. The molecule has 0 aliphatic carbocycles. The SMILES string of the molecule is CCO[SiH](OCC)C(C)CCNC(N)=O. The average molecular weight is 234 g/mol. The van der Waals surface area contributed by atoms with E-state index >= 15 is 0 Å². The molecule has 0 aliphatic heterocycles. The van der Waals surface area contributed by atoms with Crippen LogP contribution in [0, 0.1) is 0 Å². The van der Waals surface area contributed by atoms with E-state index < -0.39 is 15.3 Å². The van der Waals surface area contributed by atoms with E-state index in [-0.39, 0.29) is 0 Å². The predicted molar refractivity (Wildman–Crippen MR) is 62.0 cm³/mol. The number of rotatable bonds is 8. The molecule has 6 heteroatoms. The summed E-state index contributed by atoms with van der Waals surface area (Å²) in [5.41, 5.74) is 5.34. The standard InChI is InChI=1S/C9H22N2O3Si/c1-4-13-15(14-5-2)8(3)6-7-11-9(10)12/h8,15H,4-7H2,1-3H3,(H3,10,11,12). The quantitative estimate of drug-likeness (QED) is 0.608. The van der Waals surface area contributed by atoms with Crippen molar-refractivity contribution in [1.82, 2.24) is 5.32 Å². The molecule has 1 atom stereocenters. The third-order valence-electron chi connectivity index (χ3n) is 2.03. The molecule has 0 aromatic rings. The van der Waals surface area contributed by atoms with E-state index in [1.165, 1.54) is 0 Å². The van der Waals surface area contributed by atoms with Gasteiger partial charge in [-0.1, -0.05) is 6.92 Å². The first-order chi connectivity index (χ1) is 7.11. The van der Waals surface area contributed by atoms with Gasteiger partial charge in [-0.3, -0.25) is 0 Å². The fraction of sp³-hybridized carbons (Fsp3) is 0.889. The highest BCUT2D eigenvalue weighted by Gasteiger charge is 2.20. The Labute approximate surface area is 93.2 Å². The van der Waals surface area contributed by atoms with Gasteiger partial charge in [-0.2, -0.15) is 0 Å². The van der Waals surface area contributed by atoms with Crippen LogP contribution in [0.2, 0.25) is 5.54 Å². The highest BCUT2D eigenvalue weighted by Crippen LogP contribution is 2.15. The summed E-state index contributed by atoms with van der Waals surface area (Å²) in [4.78, 5) is 10.5. The summed E-state index contributed by atoms with van der Waals surface area (Å²) >= 11 is 0. The normalized spacial score (nSPS) is 12.8. The van der Waals surface area contributed by atoms with Crippen molar-refractivity contribution in [3.05, 3.63) is 0 Å². The first-order valence-electron chi connectivity index (χ1n) is 5.38. The molecule has 0 saturated carbocycles. The third kappa shape index (κ3) is 7.35. The zero-order valence-electron chi connectivity index (χ0n) is 9.79. The van der Waals surface area contributed by atoms with E-state index in [4.69, 9.17) is 14.6 Å². The number of nitrogens with two attached hydrogens (primary N) is 1. The summed E-state index contributed by atoms with van der Waals surface area (Å²) in [5, 5.41) is 2.57. The number of carbonyl (C=O) groups is 1. The zero-order chi connectivity index (χ0) is 11.7. The van der Waals surface area contributed by atoms with E-state index in [2.05, 4.69) is 12.2 Å². The van der Waals surface area contributed by atoms with Crippen LogP contribution in [0.5, 0.6) is 0 Å². The lowest BCUT2D eigenvalue weighted by molar-refractivity contribution is 0.203. The molecule has 0 aromatic heterocycles. The zero-order valence-corrected chi connectivity index (χ0v) is 10.9. The Morgan fingerprint density at radius 1 is 1.40 bits per heavy atom. The fourth-order valence-electron chi connectivity index (χ4n) is 1.26. The van der Waals surface area contributed by atoms with E-state index in [0.29, 0.717) is 25.3 Å². The molecule has 0 aromatic carbocycles. The highest BCUT2D eigenvalue weighted by molar-refractivity contribution is 6.46. The minimum atomic E-state index is -1.58. The lowest BCUT2D eigenvalue weighted by Crippen LogP contribution is -2.33. The van der Waals surface area contributed by atoms with Gasteiger partial charge in [0, 0.05) is 19.8 Å². The summed E-state index contributed by atoms with van der Waals surface area (Å²) < 4.78 is 11.1. The maximum Gasteiger partial charge on any atom is 0.324 e. The molecule has 0 aliphatic rings. The van der Waals surface area contributed by atoms with Crippen LogP contribution >= 0.6 is 0 Å². The Kier molecular flexibility index (Phi) is 8.35. The Hall–Kier alpha value is -0.593. The molecule has 0 fully saturated rings. The van der Waals surface area contributed by atoms with Crippen LogP contribution in [-0.2, 0) is 8.85 Å². The van der Waals surface area contributed by atoms with E-state index in [1.807, 2.05) is 13.8 Å². The second-order valence-electron chi connectivity index (χ2n) is 3.34. The van der Waals surface area contributed by atoms with Gasteiger partial charge in [0.2, 0.25) is 0 Å². The van der Waals surface area contributed by atoms with Gasteiger partial charge in [-0.15, -0.1) is 0 Å². The Bertz CT molecular complexity index is 175. The second-order valence-corrected chi connectivity index (χ2v) is 5.88. The van der Waals surface area contributed by atoms with Crippen molar-refractivity contribution < 1.29 is 13.6 Å². The van der Waals surface area contributed by atoms with Crippen LogP contribution in [0.4, 0.5) is 4.79 Å². The van der Waals surface area contributed by atoms with Gasteiger partial charge >= 0.3 is 15.3 Å². The summed E-state index contributed by atoms with van der Waals surface area (Å²) in [5.74, 6) is 0. The van der Waals surface area contributed by atoms with Gasteiger partial charge in [0.25, 0.3) is 0 Å². The topological polar surface area (TPSA) is 73.6 Å². The molecule has 0 radical (unpaired) electrons.